The van der Waals surface area contributed by atoms with E-state index in [2.05, 4.69) is 20.6 Å². The number of pyridine rings is 1. The Morgan fingerprint density at radius 2 is 1.72 bits per heavy atom. The van der Waals surface area contributed by atoms with E-state index in [-0.39, 0.29) is 21.2 Å². The number of anilines is 1. The average molecular weight is 475 g/mol. The van der Waals surface area contributed by atoms with Gasteiger partial charge in [-0.15, -0.1) is 0 Å². The van der Waals surface area contributed by atoms with E-state index < -0.39 is 21.8 Å². The first-order valence-electron chi connectivity index (χ1n) is 9.37. The Morgan fingerprint density at radius 1 is 1.00 bits per heavy atom. The number of hydrazine groups is 1. The second-order valence-corrected chi connectivity index (χ2v) is 8.39. The molecular weight excluding hydrogens is 456 g/mol. The second kappa shape index (κ2) is 10.1. The minimum Gasteiger partial charge on any atom is -0.494 e. The van der Waals surface area contributed by atoms with Crippen LogP contribution >= 0.6 is 11.6 Å². The summed E-state index contributed by atoms with van der Waals surface area (Å²) < 4.78 is 33.4. The summed E-state index contributed by atoms with van der Waals surface area (Å²) in [6, 6.07) is 14.8. The van der Waals surface area contributed by atoms with Gasteiger partial charge in [0.15, 0.2) is 0 Å². The van der Waals surface area contributed by atoms with Gasteiger partial charge in [-0.25, -0.2) is 8.42 Å². The SMILES string of the molecule is CCOc1ccc(NS(=O)(=O)c2cc(C(=O)NNC(=O)c3ccccn3)ccc2Cl)cc1. The van der Waals surface area contributed by atoms with Gasteiger partial charge in [-0.1, -0.05) is 17.7 Å². The van der Waals surface area contributed by atoms with E-state index in [4.69, 9.17) is 16.3 Å². The molecule has 0 bridgehead atoms. The molecule has 2 amide bonds. The first kappa shape index (κ1) is 23.0. The molecule has 3 N–H and O–H groups in total. The van der Waals surface area contributed by atoms with Gasteiger partial charge < -0.3 is 4.74 Å². The van der Waals surface area contributed by atoms with Crippen LogP contribution in [0.3, 0.4) is 0 Å². The number of hydrogen-bond acceptors (Lipinski definition) is 6. The highest BCUT2D eigenvalue weighted by atomic mass is 35.5. The Balaban J connectivity index is 1.73. The Bertz CT molecular complexity index is 1220. The second-order valence-electron chi connectivity index (χ2n) is 6.33. The molecule has 11 heteroatoms. The lowest BCUT2D eigenvalue weighted by Gasteiger charge is -2.12. The van der Waals surface area contributed by atoms with Crippen molar-refractivity contribution in [3.05, 3.63) is 83.1 Å². The summed E-state index contributed by atoms with van der Waals surface area (Å²) in [5.41, 5.74) is 4.80. The van der Waals surface area contributed by atoms with Crippen molar-refractivity contribution in [1.82, 2.24) is 15.8 Å². The number of amides is 2. The van der Waals surface area contributed by atoms with Crippen LogP contribution in [0.5, 0.6) is 5.75 Å². The van der Waals surface area contributed by atoms with Gasteiger partial charge in [-0.05, 0) is 61.5 Å². The first-order chi connectivity index (χ1) is 15.3. The van der Waals surface area contributed by atoms with Crippen LogP contribution in [0, 0.1) is 0 Å². The molecule has 0 spiro atoms. The van der Waals surface area contributed by atoms with Gasteiger partial charge in [-0.2, -0.15) is 0 Å². The van der Waals surface area contributed by atoms with Crippen molar-refractivity contribution < 1.29 is 22.7 Å². The predicted octanol–water partition coefficient (Wildman–Crippen LogP) is 3.01. The smallest absolute Gasteiger partial charge is 0.288 e. The van der Waals surface area contributed by atoms with E-state index in [1.54, 1.807) is 36.4 Å². The molecule has 0 aliphatic heterocycles. The number of rotatable bonds is 7. The third-order valence-corrected chi connectivity index (χ3v) is 5.95. The summed E-state index contributed by atoms with van der Waals surface area (Å²) in [5.74, 6) is -0.763. The van der Waals surface area contributed by atoms with Crippen molar-refractivity contribution >= 4 is 39.1 Å². The number of nitrogens with one attached hydrogen (secondary N) is 3. The van der Waals surface area contributed by atoms with Crippen LogP contribution < -0.4 is 20.3 Å². The molecule has 32 heavy (non-hydrogen) atoms. The topological polar surface area (TPSA) is 126 Å². The minimum atomic E-state index is -4.10. The number of carbonyl (C=O) groups is 2. The third kappa shape index (κ3) is 5.74. The van der Waals surface area contributed by atoms with E-state index in [9.17, 15) is 18.0 Å². The molecule has 2 aromatic carbocycles. The maximum Gasteiger partial charge on any atom is 0.288 e. The average Bonchev–Trinajstić information content (AvgIpc) is 2.79. The standard InChI is InChI=1S/C21H19ClN4O5S/c1-2-31-16-9-7-15(8-10-16)26-32(29,30)19-13-14(6-11-17(19)22)20(27)24-25-21(28)18-5-3-4-12-23-18/h3-13,26H,2H2,1H3,(H,24,27)(H,25,28). The fourth-order valence-electron chi connectivity index (χ4n) is 2.59. The number of ether oxygens (including phenoxy) is 1. The Labute approximate surface area is 189 Å². The van der Waals surface area contributed by atoms with Crippen molar-refractivity contribution in [2.24, 2.45) is 0 Å². The van der Waals surface area contributed by atoms with Crippen LogP contribution in [-0.2, 0) is 10.0 Å². The van der Waals surface area contributed by atoms with Crippen LogP contribution in [0.15, 0.2) is 71.8 Å². The third-order valence-electron chi connectivity index (χ3n) is 4.09. The van der Waals surface area contributed by atoms with Gasteiger partial charge in [0, 0.05) is 17.4 Å². The fourth-order valence-corrected chi connectivity index (χ4v) is 4.18. The van der Waals surface area contributed by atoms with E-state index in [1.165, 1.54) is 24.4 Å². The highest BCUT2D eigenvalue weighted by Gasteiger charge is 2.21. The number of sulfonamides is 1. The van der Waals surface area contributed by atoms with Crippen molar-refractivity contribution in [1.29, 1.82) is 0 Å². The zero-order valence-electron chi connectivity index (χ0n) is 16.8. The highest BCUT2D eigenvalue weighted by molar-refractivity contribution is 7.92. The number of benzene rings is 2. The van der Waals surface area contributed by atoms with Crippen molar-refractivity contribution in [3.8, 4) is 5.75 Å². The molecule has 0 atom stereocenters. The molecule has 0 saturated carbocycles. The molecule has 0 unspecified atom stereocenters. The van der Waals surface area contributed by atoms with Crippen molar-refractivity contribution in [3.63, 3.8) is 0 Å². The number of nitrogens with zero attached hydrogens (tertiary/aromatic N) is 1. The lowest BCUT2D eigenvalue weighted by Crippen LogP contribution is -2.42. The minimum absolute atomic E-state index is 0.0252. The summed E-state index contributed by atoms with van der Waals surface area (Å²) in [4.78, 5) is 28.0. The Kier molecular flexibility index (Phi) is 7.29. The van der Waals surface area contributed by atoms with Crippen LogP contribution in [-0.4, -0.2) is 31.8 Å². The lowest BCUT2D eigenvalue weighted by atomic mass is 10.2. The molecule has 9 nitrogen and oxygen atoms in total. The van der Waals surface area contributed by atoms with Crippen LogP contribution in [0.25, 0.3) is 0 Å². The molecule has 1 heterocycles. The zero-order valence-corrected chi connectivity index (χ0v) is 18.4. The maximum atomic E-state index is 12.8. The van der Waals surface area contributed by atoms with Gasteiger partial charge in [0.25, 0.3) is 21.8 Å². The fraction of sp³-hybridized carbons (Fsp3) is 0.0952. The van der Waals surface area contributed by atoms with Gasteiger partial charge >= 0.3 is 0 Å². The zero-order chi connectivity index (χ0) is 23.1. The molecular formula is C21H19ClN4O5S. The number of aromatic nitrogens is 1. The Morgan fingerprint density at radius 3 is 2.38 bits per heavy atom. The van der Waals surface area contributed by atoms with Crippen LogP contribution in [0.2, 0.25) is 5.02 Å². The summed E-state index contributed by atoms with van der Waals surface area (Å²) in [6.07, 6.45) is 1.43. The first-order valence-corrected chi connectivity index (χ1v) is 11.2. The maximum absolute atomic E-state index is 12.8. The number of carbonyl (C=O) groups excluding carboxylic acids is 2. The van der Waals surface area contributed by atoms with E-state index >= 15 is 0 Å². The van der Waals surface area contributed by atoms with Gasteiger partial charge in [0.1, 0.15) is 16.3 Å². The van der Waals surface area contributed by atoms with Gasteiger partial charge in [-0.3, -0.25) is 30.1 Å². The quantitative estimate of drug-likeness (QED) is 0.452. The monoisotopic (exact) mass is 474 g/mol. The summed E-state index contributed by atoms with van der Waals surface area (Å²) >= 11 is 6.08. The Hall–Kier alpha value is -3.63. The molecule has 0 fully saturated rings. The largest absolute Gasteiger partial charge is 0.494 e. The summed E-state index contributed by atoms with van der Waals surface area (Å²) in [5, 5.41) is -0.0718. The van der Waals surface area contributed by atoms with E-state index in [1.807, 2.05) is 6.92 Å². The molecule has 3 rings (SSSR count). The lowest BCUT2D eigenvalue weighted by molar-refractivity contribution is 0.0844. The molecule has 3 aromatic rings. The summed E-state index contributed by atoms with van der Waals surface area (Å²) in [6.45, 7) is 2.32. The molecule has 0 aliphatic carbocycles. The molecule has 1 aromatic heterocycles. The molecule has 0 saturated heterocycles. The van der Waals surface area contributed by atoms with Crippen molar-refractivity contribution in [2.75, 3.05) is 11.3 Å². The van der Waals surface area contributed by atoms with Crippen LogP contribution in [0.4, 0.5) is 5.69 Å². The van der Waals surface area contributed by atoms with Crippen molar-refractivity contribution in [2.45, 2.75) is 11.8 Å². The summed E-state index contributed by atoms with van der Waals surface area (Å²) in [7, 11) is -4.10. The predicted molar refractivity (Wildman–Crippen MR) is 119 cm³/mol. The molecule has 0 aliphatic rings. The van der Waals surface area contributed by atoms with E-state index in [0.29, 0.717) is 18.0 Å². The van der Waals surface area contributed by atoms with Gasteiger partial charge in [0.2, 0.25) is 0 Å². The highest BCUT2D eigenvalue weighted by Crippen LogP contribution is 2.26. The van der Waals surface area contributed by atoms with E-state index in [0.717, 1.165) is 6.07 Å². The number of hydrogen-bond donors (Lipinski definition) is 3. The normalized spacial score (nSPS) is 10.8. The molecule has 0 radical (unpaired) electrons. The number of halogens is 1. The van der Waals surface area contributed by atoms with Crippen LogP contribution in [0.1, 0.15) is 27.8 Å². The van der Waals surface area contributed by atoms with Gasteiger partial charge in [0.05, 0.1) is 11.6 Å². The molecule has 166 valence electrons.